The first kappa shape index (κ1) is 19.9. The molecule has 140 valence electrons. The average Bonchev–Trinajstić information content (AvgIpc) is 2.62. The second-order valence-corrected chi connectivity index (χ2v) is 7.35. The van der Waals surface area contributed by atoms with Crippen LogP contribution in [0.25, 0.3) is 0 Å². The number of sulfonamides is 1. The van der Waals surface area contributed by atoms with Gasteiger partial charge in [0.05, 0.1) is 14.2 Å². The molecule has 0 spiro atoms. The van der Waals surface area contributed by atoms with E-state index in [4.69, 9.17) is 26.8 Å². The summed E-state index contributed by atoms with van der Waals surface area (Å²) in [5, 5.41) is 0.650. The van der Waals surface area contributed by atoms with Gasteiger partial charge in [0, 0.05) is 17.6 Å². The van der Waals surface area contributed by atoms with Crippen LogP contribution < -0.4 is 19.9 Å². The second kappa shape index (κ2) is 8.77. The quantitative estimate of drug-likeness (QED) is 0.550. The summed E-state index contributed by atoms with van der Waals surface area (Å²) < 4.78 is 37.5. The highest BCUT2D eigenvalue weighted by Gasteiger charge is 2.21. The molecule has 2 aromatic carbocycles. The summed E-state index contributed by atoms with van der Waals surface area (Å²) in [4.78, 5) is 3.96. The van der Waals surface area contributed by atoms with Gasteiger partial charge in [-0.05, 0) is 36.2 Å². The Bertz CT molecular complexity index is 883. The molecule has 0 amide bonds. The summed E-state index contributed by atoms with van der Waals surface area (Å²) in [5.41, 5.74) is 6.73. The molecule has 0 aliphatic heterocycles. The number of nitrogens with one attached hydrogen (secondary N) is 1. The van der Waals surface area contributed by atoms with E-state index >= 15 is 0 Å². The third-order valence-corrected chi connectivity index (χ3v) is 5.12. The number of rotatable bonds is 7. The standard InChI is InChI=1S/C17H20ClN3O4S/c1-24-14-7-8-15(25-2)16(11-14)26(22,23)21-17(19)20-10-9-12-3-5-13(18)6-4-12/h3-8,11H,9-10H2,1-2H3,(H3,19,20,21). The molecule has 0 saturated heterocycles. The number of nitrogens with two attached hydrogens (primary N) is 1. The van der Waals surface area contributed by atoms with Crippen LogP contribution in [-0.4, -0.2) is 35.1 Å². The van der Waals surface area contributed by atoms with Crippen LogP contribution in [-0.2, 0) is 16.4 Å². The normalized spacial score (nSPS) is 11.9. The van der Waals surface area contributed by atoms with Crippen molar-refractivity contribution < 1.29 is 17.9 Å². The van der Waals surface area contributed by atoms with Gasteiger partial charge in [-0.1, -0.05) is 23.7 Å². The van der Waals surface area contributed by atoms with Gasteiger partial charge in [0.2, 0.25) is 5.96 Å². The van der Waals surface area contributed by atoms with E-state index in [0.29, 0.717) is 23.7 Å². The van der Waals surface area contributed by atoms with Crippen LogP contribution in [0.15, 0.2) is 52.4 Å². The van der Waals surface area contributed by atoms with E-state index in [-0.39, 0.29) is 16.6 Å². The number of nitrogens with zero attached hydrogens (tertiary/aromatic N) is 1. The average molecular weight is 398 g/mol. The van der Waals surface area contributed by atoms with Crippen molar-refractivity contribution in [2.75, 3.05) is 20.8 Å². The Morgan fingerprint density at radius 1 is 1.15 bits per heavy atom. The Morgan fingerprint density at radius 3 is 2.46 bits per heavy atom. The molecule has 0 saturated carbocycles. The Balaban J connectivity index is 2.09. The molecule has 3 N–H and O–H groups in total. The van der Waals surface area contributed by atoms with Crippen LogP contribution in [0.2, 0.25) is 5.02 Å². The van der Waals surface area contributed by atoms with E-state index in [1.54, 1.807) is 18.2 Å². The number of methoxy groups -OCH3 is 2. The highest BCUT2D eigenvalue weighted by atomic mass is 35.5. The van der Waals surface area contributed by atoms with Crippen molar-refractivity contribution in [1.29, 1.82) is 0 Å². The van der Waals surface area contributed by atoms with Crippen LogP contribution in [0.5, 0.6) is 11.5 Å². The van der Waals surface area contributed by atoms with Gasteiger partial charge in [0.15, 0.2) is 0 Å². The lowest BCUT2D eigenvalue weighted by molar-refractivity contribution is 0.392. The monoisotopic (exact) mass is 397 g/mol. The molecule has 2 rings (SSSR count). The maximum atomic E-state index is 12.5. The lowest BCUT2D eigenvalue weighted by Crippen LogP contribution is -2.37. The van der Waals surface area contributed by atoms with E-state index in [0.717, 1.165) is 5.56 Å². The zero-order valence-corrected chi connectivity index (χ0v) is 16.0. The van der Waals surface area contributed by atoms with Gasteiger partial charge in [0.1, 0.15) is 16.4 Å². The Kier molecular flexibility index (Phi) is 6.70. The van der Waals surface area contributed by atoms with Crippen molar-refractivity contribution in [3.05, 3.63) is 53.1 Å². The molecular formula is C17H20ClN3O4S. The lowest BCUT2D eigenvalue weighted by Gasteiger charge is -2.12. The molecule has 0 heterocycles. The van der Waals surface area contributed by atoms with Crippen LogP contribution in [0.4, 0.5) is 0 Å². The van der Waals surface area contributed by atoms with E-state index in [1.807, 2.05) is 12.1 Å². The van der Waals surface area contributed by atoms with Gasteiger partial charge in [-0.15, -0.1) is 0 Å². The van der Waals surface area contributed by atoms with E-state index < -0.39 is 10.0 Å². The minimum absolute atomic E-state index is 0.0878. The molecule has 0 aliphatic rings. The second-order valence-electron chi connectivity index (χ2n) is 5.27. The maximum absolute atomic E-state index is 12.5. The Hall–Kier alpha value is -2.45. The summed E-state index contributed by atoms with van der Waals surface area (Å²) in [6.45, 7) is 0.325. The first-order chi connectivity index (χ1) is 12.4. The zero-order chi connectivity index (χ0) is 19.2. The fourth-order valence-electron chi connectivity index (χ4n) is 2.18. The predicted molar refractivity (Wildman–Crippen MR) is 102 cm³/mol. The molecule has 0 aromatic heterocycles. The molecule has 26 heavy (non-hydrogen) atoms. The van der Waals surface area contributed by atoms with E-state index in [1.165, 1.54) is 26.4 Å². The van der Waals surface area contributed by atoms with Crippen LogP contribution in [0, 0.1) is 0 Å². The molecule has 0 fully saturated rings. The summed E-state index contributed by atoms with van der Waals surface area (Å²) >= 11 is 5.83. The third kappa shape index (κ3) is 5.27. The van der Waals surface area contributed by atoms with Crippen LogP contribution >= 0.6 is 11.6 Å². The van der Waals surface area contributed by atoms with Gasteiger partial charge >= 0.3 is 0 Å². The molecule has 0 atom stereocenters. The highest BCUT2D eigenvalue weighted by Crippen LogP contribution is 2.27. The summed E-state index contributed by atoms with van der Waals surface area (Å²) in [7, 11) is -1.14. The molecule has 7 nitrogen and oxygen atoms in total. The maximum Gasteiger partial charge on any atom is 0.267 e. The summed E-state index contributed by atoms with van der Waals surface area (Å²) in [5.74, 6) is 0.348. The number of guanidine groups is 1. The molecular weight excluding hydrogens is 378 g/mol. The number of ether oxygens (including phenoxy) is 2. The third-order valence-electron chi connectivity index (χ3n) is 3.50. The van der Waals surface area contributed by atoms with Crippen molar-refractivity contribution >= 4 is 27.6 Å². The summed E-state index contributed by atoms with van der Waals surface area (Å²) in [6, 6.07) is 11.8. The molecule has 0 radical (unpaired) electrons. The predicted octanol–water partition coefficient (Wildman–Crippen LogP) is 2.19. The van der Waals surface area contributed by atoms with E-state index in [9.17, 15) is 8.42 Å². The molecule has 0 aliphatic carbocycles. The van der Waals surface area contributed by atoms with Gasteiger partial charge in [0.25, 0.3) is 10.0 Å². The van der Waals surface area contributed by atoms with Crippen molar-refractivity contribution in [2.45, 2.75) is 11.3 Å². The van der Waals surface area contributed by atoms with Crippen molar-refractivity contribution in [3.63, 3.8) is 0 Å². The Morgan fingerprint density at radius 2 is 1.85 bits per heavy atom. The first-order valence-corrected chi connectivity index (χ1v) is 9.51. The van der Waals surface area contributed by atoms with E-state index in [2.05, 4.69) is 9.71 Å². The number of benzene rings is 2. The number of hydrogen-bond acceptors (Lipinski definition) is 5. The fourth-order valence-corrected chi connectivity index (χ4v) is 3.44. The Labute approximate surface area is 157 Å². The molecule has 0 unspecified atom stereocenters. The molecule has 2 aromatic rings. The van der Waals surface area contributed by atoms with Gasteiger partial charge < -0.3 is 15.2 Å². The topological polar surface area (TPSA) is 103 Å². The number of halogens is 1. The molecule has 0 bridgehead atoms. The minimum Gasteiger partial charge on any atom is -0.497 e. The molecule has 9 heteroatoms. The summed E-state index contributed by atoms with van der Waals surface area (Å²) in [6.07, 6.45) is 0.599. The van der Waals surface area contributed by atoms with Gasteiger partial charge in [-0.25, -0.2) is 13.1 Å². The largest absolute Gasteiger partial charge is 0.497 e. The SMILES string of the molecule is COc1ccc(OC)c(S(=O)(=O)NC(N)=NCCc2ccc(Cl)cc2)c1. The lowest BCUT2D eigenvalue weighted by atomic mass is 10.1. The fraction of sp³-hybridized carbons (Fsp3) is 0.235. The van der Waals surface area contributed by atoms with Gasteiger partial charge in [-0.3, -0.25) is 4.99 Å². The highest BCUT2D eigenvalue weighted by molar-refractivity contribution is 7.90. The van der Waals surface area contributed by atoms with Crippen LogP contribution in [0.1, 0.15) is 5.56 Å². The van der Waals surface area contributed by atoms with Crippen LogP contribution in [0.3, 0.4) is 0 Å². The first-order valence-electron chi connectivity index (χ1n) is 7.65. The minimum atomic E-state index is -3.96. The number of hydrogen-bond donors (Lipinski definition) is 2. The van der Waals surface area contributed by atoms with Crippen molar-refractivity contribution in [3.8, 4) is 11.5 Å². The van der Waals surface area contributed by atoms with Crippen molar-refractivity contribution in [2.24, 2.45) is 10.7 Å². The van der Waals surface area contributed by atoms with Gasteiger partial charge in [-0.2, -0.15) is 0 Å². The zero-order valence-electron chi connectivity index (χ0n) is 14.4. The van der Waals surface area contributed by atoms with Crippen molar-refractivity contribution in [1.82, 2.24) is 4.72 Å². The smallest absolute Gasteiger partial charge is 0.267 e. The number of aliphatic imine (C=N–C) groups is 1.